The molecule has 2 nitrogen and oxygen atoms in total. The Morgan fingerprint density at radius 1 is 1.00 bits per heavy atom. The van der Waals surface area contributed by atoms with Gasteiger partial charge in [0.25, 0.3) is 5.91 Å². The second-order valence-electron chi connectivity index (χ2n) is 4.68. The molecule has 0 spiro atoms. The van der Waals surface area contributed by atoms with E-state index < -0.39 is 0 Å². The van der Waals surface area contributed by atoms with Gasteiger partial charge in [-0.15, -0.1) is 0 Å². The zero-order valence-electron chi connectivity index (χ0n) is 10.1. The molecule has 0 saturated heterocycles. The number of hydrogen-bond donors (Lipinski definition) is 1. The Morgan fingerprint density at radius 3 is 2.56 bits per heavy atom. The van der Waals surface area contributed by atoms with E-state index in [1.54, 1.807) is 0 Å². The third kappa shape index (κ3) is 2.02. The van der Waals surface area contributed by atoms with E-state index in [0.29, 0.717) is 5.92 Å². The van der Waals surface area contributed by atoms with Crippen LogP contribution in [-0.4, -0.2) is 12.5 Å². The first-order chi connectivity index (χ1) is 8.84. The highest BCUT2D eigenvalue weighted by molar-refractivity contribution is 5.97. The third-order valence-corrected chi connectivity index (χ3v) is 3.48. The fourth-order valence-corrected chi connectivity index (χ4v) is 2.56. The normalized spacial score (nSPS) is 18.0. The van der Waals surface area contributed by atoms with Crippen molar-refractivity contribution in [3.05, 3.63) is 71.3 Å². The summed E-state index contributed by atoms with van der Waals surface area (Å²) in [6, 6.07) is 18.3. The fraction of sp³-hybridized carbons (Fsp3) is 0.188. The summed E-state index contributed by atoms with van der Waals surface area (Å²) in [5.74, 6) is 0.427. The zero-order chi connectivity index (χ0) is 12.4. The molecule has 2 aromatic carbocycles. The van der Waals surface area contributed by atoms with E-state index in [4.69, 9.17) is 0 Å². The van der Waals surface area contributed by atoms with Gasteiger partial charge in [-0.2, -0.15) is 0 Å². The minimum atomic E-state index is 0.0508. The highest BCUT2D eigenvalue weighted by Gasteiger charge is 2.24. The van der Waals surface area contributed by atoms with Gasteiger partial charge < -0.3 is 5.32 Å². The van der Waals surface area contributed by atoms with Crippen molar-refractivity contribution in [3.63, 3.8) is 0 Å². The summed E-state index contributed by atoms with van der Waals surface area (Å²) in [7, 11) is 0. The summed E-state index contributed by atoms with van der Waals surface area (Å²) >= 11 is 0. The minimum absolute atomic E-state index is 0.0508. The Bertz CT molecular complexity index is 562. The van der Waals surface area contributed by atoms with Crippen molar-refractivity contribution in [2.75, 3.05) is 6.54 Å². The highest BCUT2D eigenvalue weighted by Crippen LogP contribution is 2.26. The number of benzene rings is 2. The molecule has 0 radical (unpaired) electrons. The van der Waals surface area contributed by atoms with Gasteiger partial charge in [0, 0.05) is 18.0 Å². The van der Waals surface area contributed by atoms with Crippen molar-refractivity contribution in [1.82, 2.24) is 5.32 Å². The molecule has 1 atom stereocenters. The lowest BCUT2D eigenvalue weighted by molar-refractivity contribution is 0.0940. The molecule has 1 amide bonds. The van der Waals surface area contributed by atoms with Gasteiger partial charge in [0.2, 0.25) is 0 Å². The standard InChI is InChI=1S/C16H15NO/c18-16-15-9-5-4-8-14(15)13(11-17-16)10-12-6-2-1-3-7-12/h1-9,13H,10-11H2,(H,17,18)/t13-/m1/s1. The smallest absolute Gasteiger partial charge is 0.251 e. The fourth-order valence-electron chi connectivity index (χ4n) is 2.56. The number of fused-ring (bicyclic) bond motifs is 1. The van der Waals surface area contributed by atoms with Gasteiger partial charge in [0.05, 0.1) is 0 Å². The summed E-state index contributed by atoms with van der Waals surface area (Å²) in [6.45, 7) is 0.727. The van der Waals surface area contributed by atoms with Crippen LogP contribution in [0.15, 0.2) is 54.6 Å². The van der Waals surface area contributed by atoms with Crippen LogP contribution in [0.5, 0.6) is 0 Å². The molecule has 0 aromatic heterocycles. The molecule has 0 unspecified atom stereocenters. The molecule has 1 heterocycles. The van der Waals surface area contributed by atoms with Gasteiger partial charge in [-0.05, 0) is 23.6 Å². The molecular formula is C16H15NO. The Balaban J connectivity index is 1.91. The van der Waals surface area contributed by atoms with Crippen molar-refractivity contribution in [3.8, 4) is 0 Å². The molecular weight excluding hydrogens is 222 g/mol. The average Bonchev–Trinajstić information content (AvgIpc) is 2.44. The lowest BCUT2D eigenvalue weighted by Crippen LogP contribution is -2.35. The van der Waals surface area contributed by atoms with Gasteiger partial charge in [-0.1, -0.05) is 48.5 Å². The van der Waals surface area contributed by atoms with E-state index in [1.165, 1.54) is 11.1 Å². The minimum Gasteiger partial charge on any atom is -0.351 e. The van der Waals surface area contributed by atoms with Gasteiger partial charge in [0.1, 0.15) is 0 Å². The van der Waals surface area contributed by atoms with E-state index >= 15 is 0 Å². The lowest BCUT2D eigenvalue weighted by atomic mass is 9.86. The van der Waals surface area contributed by atoms with E-state index in [2.05, 4.69) is 35.6 Å². The maximum absolute atomic E-state index is 11.8. The summed E-state index contributed by atoms with van der Waals surface area (Å²) in [6.07, 6.45) is 0.970. The van der Waals surface area contributed by atoms with E-state index in [0.717, 1.165) is 18.5 Å². The molecule has 1 aliphatic rings. The van der Waals surface area contributed by atoms with E-state index in [-0.39, 0.29) is 5.91 Å². The Kier molecular flexibility index (Phi) is 2.85. The number of amides is 1. The largest absolute Gasteiger partial charge is 0.351 e. The second kappa shape index (κ2) is 4.65. The summed E-state index contributed by atoms with van der Waals surface area (Å²) in [5, 5.41) is 2.97. The van der Waals surface area contributed by atoms with Crippen LogP contribution in [0.4, 0.5) is 0 Å². The average molecular weight is 237 g/mol. The van der Waals surface area contributed by atoms with Crippen LogP contribution in [0.2, 0.25) is 0 Å². The molecule has 2 aromatic rings. The molecule has 2 heteroatoms. The summed E-state index contributed by atoms with van der Waals surface area (Å²) in [5.41, 5.74) is 3.31. The molecule has 0 saturated carbocycles. The van der Waals surface area contributed by atoms with Crippen LogP contribution < -0.4 is 5.32 Å². The SMILES string of the molecule is O=C1NC[C@@H](Cc2ccccc2)c2ccccc21. The van der Waals surface area contributed by atoms with Crippen molar-refractivity contribution in [2.45, 2.75) is 12.3 Å². The van der Waals surface area contributed by atoms with Crippen LogP contribution in [0.25, 0.3) is 0 Å². The van der Waals surface area contributed by atoms with Crippen LogP contribution in [0.1, 0.15) is 27.4 Å². The lowest BCUT2D eigenvalue weighted by Gasteiger charge is -2.25. The number of nitrogens with one attached hydrogen (secondary N) is 1. The zero-order valence-corrected chi connectivity index (χ0v) is 10.1. The maximum atomic E-state index is 11.8. The highest BCUT2D eigenvalue weighted by atomic mass is 16.1. The quantitative estimate of drug-likeness (QED) is 0.855. The van der Waals surface area contributed by atoms with Crippen molar-refractivity contribution < 1.29 is 4.79 Å². The summed E-state index contributed by atoms with van der Waals surface area (Å²) in [4.78, 5) is 11.8. The van der Waals surface area contributed by atoms with Crippen LogP contribution >= 0.6 is 0 Å². The Hall–Kier alpha value is -2.09. The molecule has 18 heavy (non-hydrogen) atoms. The van der Waals surface area contributed by atoms with Crippen LogP contribution in [0.3, 0.4) is 0 Å². The summed E-state index contributed by atoms with van der Waals surface area (Å²) < 4.78 is 0. The Labute approximate surface area is 107 Å². The molecule has 3 rings (SSSR count). The van der Waals surface area contributed by atoms with Crippen molar-refractivity contribution in [1.29, 1.82) is 0 Å². The number of hydrogen-bond acceptors (Lipinski definition) is 1. The van der Waals surface area contributed by atoms with Gasteiger partial charge in [-0.25, -0.2) is 0 Å². The Morgan fingerprint density at radius 2 is 1.72 bits per heavy atom. The molecule has 0 aliphatic carbocycles. The molecule has 0 fully saturated rings. The van der Waals surface area contributed by atoms with Crippen LogP contribution in [0, 0.1) is 0 Å². The van der Waals surface area contributed by atoms with Gasteiger partial charge in [-0.3, -0.25) is 4.79 Å². The topological polar surface area (TPSA) is 29.1 Å². The molecule has 1 aliphatic heterocycles. The van der Waals surface area contributed by atoms with Crippen LogP contribution in [-0.2, 0) is 6.42 Å². The van der Waals surface area contributed by atoms with E-state index in [9.17, 15) is 4.79 Å². The number of carbonyl (C=O) groups excluding carboxylic acids is 1. The first-order valence-electron chi connectivity index (χ1n) is 6.25. The molecule has 1 N–H and O–H groups in total. The van der Waals surface area contributed by atoms with Crippen molar-refractivity contribution >= 4 is 5.91 Å². The number of rotatable bonds is 2. The van der Waals surface area contributed by atoms with Gasteiger partial charge >= 0.3 is 0 Å². The van der Waals surface area contributed by atoms with E-state index in [1.807, 2.05) is 24.3 Å². The first kappa shape index (κ1) is 11.0. The number of carbonyl (C=O) groups is 1. The predicted molar refractivity (Wildman–Crippen MR) is 71.7 cm³/mol. The first-order valence-corrected chi connectivity index (χ1v) is 6.25. The predicted octanol–water partition coefficient (Wildman–Crippen LogP) is 2.76. The maximum Gasteiger partial charge on any atom is 0.251 e. The monoisotopic (exact) mass is 237 g/mol. The van der Waals surface area contributed by atoms with Crippen molar-refractivity contribution in [2.24, 2.45) is 0 Å². The molecule has 0 bridgehead atoms. The third-order valence-electron chi connectivity index (χ3n) is 3.48. The second-order valence-corrected chi connectivity index (χ2v) is 4.68. The molecule has 90 valence electrons. The van der Waals surface area contributed by atoms with Gasteiger partial charge in [0.15, 0.2) is 0 Å².